The fourth-order valence-electron chi connectivity index (χ4n) is 2.17. The summed E-state index contributed by atoms with van der Waals surface area (Å²) in [4.78, 5) is 11.9. The lowest BCUT2D eigenvalue weighted by molar-refractivity contribution is -0.141. The topological polar surface area (TPSA) is 37.3 Å². The maximum absolute atomic E-state index is 11.9. The van der Waals surface area contributed by atoms with Gasteiger partial charge in [-0.05, 0) is 43.9 Å². The van der Waals surface area contributed by atoms with Gasteiger partial charge in [0.2, 0.25) is 0 Å². The van der Waals surface area contributed by atoms with Crippen LogP contribution in [0.2, 0.25) is 0 Å². The van der Waals surface area contributed by atoms with Crippen LogP contribution in [0.5, 0.6) is 0 Å². The van der Waals surface area contributed by atoms with E-state index >= 15 is 0 Å². The second-order valence-electron chi connectivity index (χ2n) is 5.57. The highest BCUT2D eigenvalue weighted by Crippen LogP contribution is 2.33. The van der Waals surface area contributed by atoms with E-state index in [-0.39, 0.29) is 5.78 Å². The zero-order chi connectivity index (χ0) is 11.5. The fraction of sp³-hybridized carbons (Fsp3) is 0.923. The van der Waals surface area contributed by atoms with E-state index < -0.39 is 5.60 Å². The number of hydrogen-bond donors (Lipinski definition) is 1. The van der Waals surface area contributed by atoms with E-state index in [2.05, 4.69) is 20.8 Å². The molecule has 0 spiro atoms. The van der Waals surface area contributed by atoms with E-state index in [1.807, 2.05) is 0 Å². The molecule has 1 N–H and O–H groups in total. The van der Waals surface area contributed by atoms with Gasteiger partial charge in [0.25, 0.3) is 0 Å². The van der Waals surface area contributed by atoms with Gasteiger partial charge in [-0.25, -0.2) is 0 Å². The molecule has 0 radical (unpaired) electrons. The van der Waals surface area contributed by atoms with Crippen LogP contribution in [0.15, 0.2) is 0 Å². The van der Waals surface area contributed by atoms with Crippen molar-refractivity contribution in [2.75, 3.05) is 0 Å². The van der Waals surface area contributed by atoms with Crippen molar-refractivity contribution >= 4 is 5.78 Å². The minimum Gasteiger partial charge on any atom is -0.382 e. The summed E-state index contributed by atoms with van der Waals surface area (Å²) < 4.78 is 0. The molecule has 0 aromatic heterocycles. The number of hydrogen-bond acceptors (Lipinski definition) is 2. The molecule has 1 fully saturated rings. The van der Waals surface area contributed by atoms with Gasteiger partial charge in [0, 0.05) is 6.42 Å². The first-order valence-electron chi connectivity index (χ1n) is 6.20. The molecule has 0 aromatic rings. The van der Waals surface area contributed by atoms with Crippen molar-refractivity contribution in [3.05, 3.63) is 0 Å². The first-order chi connectivity index (χ1) is 6.94. The molecule has 0 aromatic carbocycles. The second kappa shape index (κ2) is 5.11. The van der Waals surface area contributed by atoms with Gasteiger partial charge in [-0.1, -0.05) is 20.8 Å². The van der Waals surface area contributed by atoms with E-state index in [9.17, 15) is 9.90 Å². The fourth-order valence-corrected chi connectivity index (χ4v) is 2.17. The monoisotopic (exact) mass is 212 g/mol. The number of rotatable bonds is 4. The molecule has 0 saturated heterocycles. The third kappa shape index (κ3) is 3.60. The lowest BCUT2D eigenvalue weighted by atomic mass is 9.76. The highest BCUT2D eigenvalue weighted by Gasteiger charge is 2.37. The average molecular weight is 212 g/mol. The number of Topliss-reactive ketones (excluding diaryl/α,β-unsaturated/α-hetero) is 1. The Balaban J connectivity index is 2.43. The quantitative estimate of drug-likeness (QED) is 0.778. The molecular formula is C13H24O2. The molecule has 1 rings (SSSR count). The predicted molar refractivity (Wildman–Crippen MR) is 61.7 cm³/mol. The molecule has 15 heavy (non-hydrogen) atoms. The SMILES string of the molecule is CC(C)CCC(=O)C1(O)CCC(C)CC1. The summed E-state index contributed by atoms with van der Waals surface area (Å²) >= 11 is 0. The van der Waals surface area contributed by atoms with Crippen LogP contribution in [-0.2, 0) is 4.79 Å². The molecule has 0 amide bonds. The molecule has 0 unspecified atom stereocenters. The Bertz CT molecular complexity index is 213. The highest BCUT2D eigenvalue weighted by molar-refractivity contribution is 5.87. The largest absolute Gasteiger partial charge is 0.382 e. The minimum absolute atomic E-state index is 0.0723. The highest BCUT2D eigenvalue weighted by atomic mass is 16.3. The second-order valence-corrected chi connectivity index (χ2v) is 5.57. The summed E-state index contributed by atoms with van der Waals surface area (Å²) in [6, 6.07) is 0. The normalized spacial score (nSPS) is 31.9. The first-order valence-corrected chi connectivity index (χ1v) is 6.20. The summed E-state index contributed by atoms with van der Waals surface area (Å²) in [6.07, 6.45) is 4.77. The van der Waals surface area contributed by atoms with Gasteiger partial charge >= 0.3 is 0 Å². The summed E-state index contributed by atoms with van der Waals surface area (Å²) in [5.74, 6) is 1.28. The van der Waals surface area contributed by atoms with Gasteiger partial charge in [-0.3, -0.25) is 4.79 Å². The zero-order valence-electron chi connectivity index (χ0n) is 10.3. The van der Waals surface area contributed by atoms with Crippen molar-refractivity contribution in [2.24, 2.45) is 11.8 Å². The summed E-state index contributed by atoms with van der Waals surface area (Å²) in [5, 5.41) is 10.2. The number of carbonyl (C=O) groups is 1. The van der Waals surface area contributed by atoms with Gasteiger partial charge in [-0.15, -0.1) is 0 Å². The predicted octanol–water partition coefficient (Wildman–Crippen LogP) is 2.93. The smallest absolute Gasteiger partial charge is 0.164 e. The molecule has 88 valence electrons. The number of ketones is 1. The zero-order valence-corrected chi connectivity index (χ0v) is 10.3. The van der Waals surface area contributed by atoms with E-state index in [1.165, 1.54) is 0 Å². The molecule has 1 aliphatic rings. The van der Waals surface area contributed by atoms with E-state index in [1.54, 1.807) is 0 Å². The third-order valence-electron chi connectivity index (χ3n) is 3.57. The maximum Gasteiger partial charge on any atom is 0.164 e. The first kappa shape index (κ1) is 12.7. The molecule has 1 saturated carbocycles. The molecule has 0 aliphatic heterocycles. The van der Waals surface area contributed by atoms with Crippen LogP contribution in [0, 0.1) is 11.8 Å². The van der Waals surface area contributed by atoms with Crippen molar-refractivity contribution in [2.45, 2.75) is 64.9 Å². The summed E-state index contributed by atoms with van der Waals surface area (Å²) in [7, 11) is 0. The van der Waals surface area contributed by atoms with Crippen molar-refractivity contribution in [1.29, 1.82) is 0 Å². The molecule has 0 atom stereocenters. The van der Waals surface area contributed by atoms with Crippen LogP contribution in [0.3, 0.4) is 0 Å². The molecule has 1 aliphatic carbocycles. The standard InChI is InChI=1S/C13H24O2/c1-10(2)4-5-12(14)13(15)8-6-11(3)7-9-13/h10-11,15H,4-9H2,1-3H3. The Labute approximate surface area is 93.1 Å². The van der Waals surface area contributed by atoms with Crippen LogP contribution in [0.1, 0.15) is 59.3 Å². The van der Waals surface area contributed by atoms with Gasteiger partial charge in [0.15, 0.2) is 5.78 Å². The Morgan fingerprint density at radius 2 is 1.93 bits per heavy atom. The Morgan fingerprint density at radius 3 is 2.40 bits per heavy atom. The van der Waals surface area contributed by atoms with Crippen molar-refractivity contribution < 1.29 is 9.90 Å². The van der Waals surface area contributed by atoms with Crippen molar-refractivity contribution in [3.8, 4) is 0 Å². The lowest BCUT2D eigenvalue weighted by Gasteiger charge is -2.33. The van der Waals surface area contributed by atoms with E-state index in [0.717, 1.165) is 19.3 Å². The van der Waals surface area contributed by atoms with Crippen LogP contribution in [0.25, 0.3) is 0 Å². The van der Waals surface area contributed by atoms with E-state index in [0.29, 0.717) is 31.1 Å². The lowest BCUT2D eigenvalue weighted by Crippen LogP contribution is -2.41. The number of carbonyl (C=O) groups excluding carboxylic acids is 1. The Morgan fingerprint density at radius 1 is 1.40 bits per heavy atom. The molecule has 0 heterocycles. The molecule has 2 heteroatoms. The van der Waals surface area contributed by atoms with Crippen LogP contribution >= 0.6 is 0 Å². The van der Waals surface area contributed by atoms with Crippen molar-refractivity contribution in [3.63, 3.8) is 0 Å². The van der Waals surface area contributed by atoms with Crippen LogP contribution in [0.4, 0.5) is 0 Å². The summed E-state index contributed by atoms with van der Waals surface area (Å²) in [6.45, 7) is 6.42. The molecule has 0 bridgehead atoms. The van der Waals surface area contributed by atoms with E-state index in [4.69, 9.17) is 0 Å². The number of aliphatic hydroxyl groups is 1. The maximum atomic E-state index is 11.9. The van der Waals surface area contributed by atoms with Gasteiger partial charge < -0.3 is 5.11 Å². The van der Waals surface area contributed by atoms with Crippen LogP contribution in [-0.4, -0.2) is 16.5 Å². The Hall–Kier alpha value is -0.370. The Kier molecular flexibility index (Phi) is 4.32. The average Bonchev–Trinajstić information content (AvgIpc) is 2.19. The van der Waals surface area contributed by atoms with Crippen molar-refractivity contribution in [1.82, 2.24) is 0 Å². The van der Waals surface area contributed by atoms with Gasteiger partial charge in [0.05, 0.1) is 0 Å². The van der Waals surface area contributed by atoms with Crippen LogP contribution < -0.4 is 0 Å². The third-order valence-corrected chi connectivity index (χ3v) is 3.57. The van der Waals surface area contributed by atoms with Gasteiger partial charge in [-0.2, -0.15) is 0 Å². The van der Waals surface area contributed by atoms with Gasteiger partial charge in [0.1, 0.15) is 5.60 Å². The molecular weight excluding hydrogens is 188 g/mol. The minimum atomic E-state index is -0.985. The summed E-state index contributed by atoms with van der Waals surface area (Å²) in [5.41, 5.74) is -0.985. The molecule has 2 nitrogen and oxygen atoms in total.